The van der Waals surface area contributed by atoms with Gasteiger partial charge in [-0.15, -0.1) is 0 Å². The summed E-state index contributed by atoms with van der Waals surface area (Å²) in [7, 11) is 0. The molecule has 1 aromatic rings. The normalized spacial score (nSPS) is 16.1. The maximum Gasteiger partial charge on any atom is 0.334 e. The smallest absolute Gasteiger partial charge is 0.334 e. The third-order valence-corrected chi connectivity index (χ3v) is 3.28. The van der Waals surface area contributed by atoms with Gasteiger partial charge in [-0.3, -0.25) is 0 Å². The third kappa shape index (κ3) is 3.44. The molecule has 102 valence electrons. The van der Waals surface area contributed by atoms with Crippen molar-refractivity contribution in [3.8, 4) is 0 Å². The molecule has 2 rings (SSSR count). The molecule has 1 aliphatic heterocycles. The number of rotatable bonds is 3. The lowest BCUT2D eigenvalue weighted by molar-refractivity contribution is -0.138. The monoisotopic (exact) mass is 260 g/mol. The van der Waals surface area contributed by atoms with Crippen molar-refractivity contribution in [2.45, 2.75) is 26.7 Å². The van der Waals surface area contributed by atoms with E-state index in [9.17, 15) is 4.79 Å². The summed E-state index contributed by atoms with van der Waals surface area (Å²) >= 11 is 0. The van der Waals surface area contributed by atoms with Crippen LogP contribution in [0.5, 0.6) is 0 Å². The number of carbonyl (C=O) groups excluding carboxylic acids is 1. The van der Waals surface area contributed by atoms with Gasteiger partial charge < -0.3 is 9.47 Å². The minimum Gasteiger partial charge on any atom is -0.463 e. The number of ether oxygens (including phenoxy) is 2. The molecule has 19 heavy (non-hydrogen) atoms. The highest BCUT2D eigenvalue weighted by Gasteiger charge is 2.20. The fourth-order valence-corrected chi connectivity index (χ4v) is 2.27. The lowest BCUT2D eigenvalue weighted by Gasteiger charge is -2.12. The van der Waals surface area contributed by atoms with E-state index in [1.807, 2.05) is 6.92 Å². The molecule has 0 atom stereocenters. The molecule has 0 radical (unpaired) electrons. The molecule has 0 saturated carbocycles. The van der Waals surface area contributed by atoms with E-state index in [1.54, 1.807) is 0 Å². The Morgan fingerprint density at radius 1 is 1.21 bits per heavy atom. The number of carbonyl (C=O) groups is 1. The second-order valence-electron chi connectivity index (χ2n) is 4.66. The van der Waals surface area contributed by atoms with Gasteiger partial charge in [-0.25, -0.2) is 4.79 Å². The first-order valence-electron chi connectivity index (χ1n) is 6.76. The molecular formula is C16H20O3. The van der Waals surface area contributed by atoms with Gasteiger partial charge in [0.2, 0.25) is 0 Å². The summed E-state index contributed by atoms with van der Waals surface area (Å²) in [5.41, 5.74) is 4.14. The van der Waals surface area contributed by atoms with E-state index in [-0.39, 0.29) is 5.97 Å². The van der Waals surface area contributed by atoms with Crippen molar-refractivity contribution in [1.29, 1.82) is 0 Å². The second kappa shape index (κ2) is 6.53. The molecule has 0 N–H and O–H groups in total. The Bertz CT molecular complexity index is 471. The molecule has 0 saturated heterocycles. The summed E-state index contributed by atoms with van der Waals surface area (Å²) in [5.74, 6) is -0.205. The van der Waals surface area contributed by atoms with Crippen molar-refractivity contribution in [3.63, 3.8) is 0 Å². The zero-order valence-corrected chi connectivity index (χ0v) is 11.6. The van der Waals surface area contributed by atoms with Crippen LogP contribution in [0.15, 0.2) is 29.8 Å². The van der Waals surface area contributed by atoms with Gasteiger partial charge in [0.1, 0.15) is 0 Å². The minimum absolute atomic E-state index is 0.205. The summed E-state index contributed by atoms with van der Waals surface area (Å²) in [5, 5.41) is 0. The Labute approximate surface area is 114 Å². The van der Waals surface area contributed by atoms with Gasteiger partial charge >= 0.3 is 5.97 Å². The molecule has 0 unspecified atom stereocenters. The van der Waals surface area contributed by atoms with Gasteiger partial charge in [0.05, 0.1) is 19.8 Å². The highest BCUT2D eigenvalue weighted by Crippen LogP contribution is 2.28. The fraction of sp³-hybridized carbons (Fsp3) is 0.438. The van der Waals surface area contributed by atoms with Crippen LogP contribution < -0.4 is 0 Å². The summed E-state index contributed by atoms with van der Waals surface area (Å²) in [6.07, 6.45) is 1.39. The van der Waals surface area contributed by atoms with Crippen LogP contribution in [0.1, 0.15) is 30.9 Å². The highest BCUT2D eigenvalue weighted by molar-refractivity contribution is 5.97. The van der Waals surface area contributed by atoms with Gasteiger partial charge in [0, 0.05) is 12.0 Å². The Morgan fingerprint density at radius 3 is 2.58 bits per heavy atom. The van der Waals surface area contributed by atoms with Gasteiger partial charge in [0.25, 0.3) is 0 Å². The Balaban J connectivity index is 2.38. The molecule has 1 heterocycles. The van der Waals surface area contributed by atoms with E-state index in [1.165, 1.54) is 5.56 Å². The highest BCUT2D eigenvalue weighted by atomic mass is 16.5. The quantitative estimate of drug-likeness (QED) is 0.783. The van der Waals surface area contributed by atoms with E-state index in [4.69, 9.17) is 9.47 Å². The number of hydrogen-bond acceptors (Lipinski definition) is 3. The molecule has 3 nitrogen and oxygen atoms in total. The molecule has 3 heteroatoms. The van der Waals surface area contributed by atoms with Crippen LogP contribution in [-0.4, -0.2) is 25.8 Å². The Morgan fingerprint density at radius 2 is 1.89 bits per heavy atom. The summed E-state index contributed by atoms with van der Waals surface area (Å²) < 4.78 is 10.6. The van der Waals surface area contributed by atoms with Crippen LogP contribution in [0.2, 0.25) is 0 Å². The lowest BCUT2D eigenvalue weighted by Crippen LogP contribution is -2.10. The topological polar surface area (TPSA) is 35.5 Å². The maximum absolute atomic E-state index is 12.1. The van der Waals surface area contributed by atoms with Gasteiger partial charge in [-0.2, -0.15) is 0 Å². The molecule has 1 aliphatic rings. The molecule has 0 spiro atoms. The first kappa shape index (κ1) is 13.8. The minimum atomic E-state index is -0.205. The average molecular weight is 260 g/mol. The lowest BCUT2D eigenvalue weighted by atomic mass is 9.95. The van der Waals surface area contributed by atoms with Crippen LogP contribution in [0.25, 0.3) is 5.57 Å². The first-order chi connectivity index (χ1) is 9.22. The largest absolute Gasteiger partial charge is 0.463 e. The summed E-state index contributed by atoms with van der Waals surface area (Å²) in [4.78, 5) is 12.1. The van der Waals surface area contributed by atoms with Crippen LogP contribution in [-0.2, 0) is 14.3 Å². The molecule has 0 aliphatic carbocycles. The van der Waals surface area contributed by atoms with E-state index in [0.29, 0.717) is 26.2 Å². The molecule has 0 amide bonds. The van der Waals surface area contributed by atoms with Crippen molar-refractivity contribution in [1.82, 2.24) is 0 Å². The fourth-order valence-electron chi connectivity index (χ4n) is 2.27. The van der Waals surface area contributed by atoms with Crippen molar-refractivity contribution in [2.75, 3.05) is 19.8 Å². The van der Waals surface area contributed by atoms with E-state index in [0.717, 1.165) is 23.1 Å². The third-order valence-electron chi connectivity index (χ3n) is 3.28. The van der Waals surface area contributed by atoms with Crippen molar-refractivity contribution in [2.24, 2.45) is 0 Å². The molecular weight excluding hydrogens is 240 g/mol. The number of benzene rings is 1. The van der Waals surface area contributed by atoms with Crippen LogP contribution >= 0.6 is 0 Å². The van der Waals surface area contributed by atoms with Crippen molar-refractivity contribution in [3.05, 3.63) is 41.0 Å². The van der Waals surface area contributed by atoms with Gasteiger partial charge in [0.15, 0.2) is 0 Å². The SMILES string of the molecule is CCOC(=O)C1=C(c2ccc(C)cc2)CCOCC1. The van der Waals surface area contributed by atoms with Gasteiger partial charge in [-0.05, 0) is 31.4 Å². The van der Waals surface area contributed by atoms with Crippen molar-refractivity contribution < 1.29 is 14.3 Å². The molecule has 0 fully saturated rings. The number of hydrogen-bond donors (Lipinski definition) is 0. The second-order valence-corrected chi connectivity index (χ2v) is 4.66. The molecule has 0 aromatic heterocycles. The summed E-state index contributed by atoms with van der Waals surface area (Å²) in [6, 6.07) is 8.26. The van der Waals surface area contributed by atoms with Crippen molar-refractivity contribution >= 4 is 11.5 Å². The van der Waals surface area contributed by atoms with E-state index < -0.39 is 0 Å². The van der Waals surface area contributed by atoms with E-state index >= 15 is 0 Å². The Kier molecular flexibility index (Phi) is 4.74. The standard InChI is InChI=1S/C16H20O3/c1-3-19-16(17)15-9-11-18-10-8-14(15)13-6-4-12(2)5-7-13/h4-7H,3,8-11H2,1-2H3. The van der Waals surface area contributed by atoms with Crippen LogP contribution in [0.3, 0.4) is 0 Å². The predicted octanol–water partition coefficient (Wildman–Crippen LogP) is 3.12. The summed E-state index contributed by atoms with van der Waals surface area (Å²) in [6.45, 7) is 5.54. The zero-order valence-electron chi connectivity index (χ0n) is 11.6. The number of esters is 1. The van der Waals surface area contributed by atoms with Crippen LogP contribution in [0, 0.1) is 6.92 Å². The maximum atomic E-state index is 12.1. The Hall–Kier alpha value is -1.61. The van der Waals surface area contributed by atoms with Gasteiger partial charge in [-0.1, -0.05) is 29.8 Å². The first-order valence-corrected chi connectivity index (χ1v) is 6.76. The zero-order chi connectivity index (χ0) is 13.7. The average Bonchev–Trinajstić information content (AvgIpc) is 2.65. The predicted molar refractivity (Wildman–Crippen MR) is 74.8 cm³/mol. The number of aryl methyl sites for hydroxylation is 1. The van der Waals surface area contributed by atoms with E-state index in [2.05, 4.69) is 31.2 Å². The molecule has 0 bridgehead atoms. The molecule has 1 aromatic carbocycles. The van der Waals surface area contributed by atoms with Crippen LogP contribution in [0.4, 0.5) is 0 Å².